The summed E-state index contributed by atoms with van der Waals surface area (Å²) >= 11 is 3.88. The molecule has 0 aromatic heterocycles. The molecule has 2 heterocycles. The second kappa shape index (κ2) is 6.16. The molecule has 22 heavy (non-hydrogen) atoms. The van der Waals surface area contributed by atoms with Crippen LogP contribution in [0, 0.1) is 5.41 Å². The zero-order valence-corrected chi connectivity index (χ0v) is 14.1. The monoisotopic (exact) mass is 337 g/mol. The van der Waals surface area contributed by atoms with E-state index < -0.39 is 11.4 Å². The van der Waals surface area contributed by atoms with Gasteiger partial charge in [0.1, 0.15) is 0 Å². The third-order valence-corrected chi connectivity index (χ3v) is 7.43. The molecule has 6 heteroatoms. The maximum atomic E-state index is 12.5. The Morgan fingerprint density at radius 1 is 1.23 bits per heavy atom. The summed E-state index contributed by atoms with van der Waals surface area (Å²) in [5.74, 6) is 1.46. The molecule has 3 rings (SSSR count). The highest BCUT2D eigenvalue weighted by Gasteiger charge is 2.42. The van der Waals surface area contributed by atoms with Crippen molar-refractivity contribution in [3.8, 4) is 0 Å². The minimum absolute atomic E-state index is 0.0664. The number of hydrogen-bond donors (Lipinski definition) is 1. The van der Waals surface area contributed by atoms with Crippen LogP contribution in [0.2, 0.25) is 0 Å². The Bertz CT molecular complexity index is 584. The first-order valence-corrected chi connectivity index (χ1v) is 9.45. The zero-order valence-electron chi connectivity index (χ0n) is 12.4. The van der Waals surface area contributed by atoms with Crippen LogP contribution >= 0.6 is 23.5 Å². The highest BCUT2D eigenvalue weighted by atomic mass is 32.2. The van der Waals surface area contributed by atoms with Crippen LogP contribution in [0.4, 0.5) is 0 Å². The summed E-state index contributed by atoms with van der Waals surface area (Å²) in [4.78, 5) is 25.4. The number of amides is 1. The molecule has 2 fully saturated rings. The van der Waals surface area contributed by atoms with Gasteiger partial charge in [0.25, 0.3) is 5.91 Å². The summed E-state index contributed by atoms with van der Waals surface area (Å²) in [5.41, 5.74) is 1.08. The van der Waals surface area contributed by atoms with Gasteiger partial charge in [0.05, 0.1) is 10.00 Å². The van der Waals surface area contributed by atoms with Gasteiger partial charge >= 0.3 is 5.97 Å². The second-order valence-electron chi connectivity index (χ2n) is 6.04. The largest absolute Gasteiger partial charge is 0.481 e. The van der Waals surface area contributed by atoms with E-state index in [-0.39, 0.29) is 12.5 Å². The molecule has 0 bridgehead atoms. The molecule has 118 valence electrons. The van der Waals surface area contributed by atoms with E-state index in [0.717, 1.165) is 0 Å². The maximum absolute atomic E-state index is 12.5. The van der Waals surface area contributed by atoms with Gasteiger partial charge in [0.15, 0.2) is 0 Å². The summed E-state index contributed by atoms with van der Waals surface area (Å²) in [7, 11) is 0. The molecule has 0 saturated carbocycles. The van der Waals surface area contributed by atoms with E-state index in [0.29, 0.717) is 23.1 Å². The van der Waals surface area contributed by atoms with Gasteiger partial charge in [0, 0.05) is 30.2 Å². The number of hydrogen-bond acceptors (Lipinski definition) is 4. The van der Waals surface area contributed by atoms with Crippen molar-refractivity contribution in [3.05, 3.63) is 35.4 Å². The normalized spacial score (nSPS) is 25.6. The molecular weight excluding hydrogens is 318 g/mol. The highest BCUT2D eigenvalue weighted by molar-refractivity contribution is 8.19. The Balaban J connectivity index is 1.69. The van der Waals surface area contributed by atoms with Crippen molar-refractivity contribution in [2.45, 2.75) is 17.9 Å². The van der Waals surface area contributed by atoms with Crippen molar-refractivity contribution in [2.75, 3.05) is 24.6 Å². The van der Waals surface area contributed by atoms with Crippen LogP contribution in [0.25, 0.3) is 0 Å². The van der Waals surface area contributed by atoms with Gasteiger partial charge in [-0.2, -0.15) is 0 Å². The van der Waals surface area contributed by atoms with Crippen molar-refractivity contribution in [2.24, 2.45) is 5.41 Å². The number of likely N-dealkylation sites (tertiary alicyclic amines) is 1. The molecular formula is C16H19NO3S2. The van der Waals surface area contributed by atoms with Crippen molar-refractivity contribution < 1.29 is 14.7 Å². The van der Waals surface area contributed by atoms with E-state index in [1.807, 2.05) is 47.8 Å². The average molecular weight is 337 g/mol. The van der Waals surface area contributed by atoms with E-state index in [1.165, 1.54) is 17.1 Å². The zero-order chi connectivity index (χ0) is 15.7. The van der Waals surface area contributed by atoms with Crippen LogP contribution in [0.3, 0.4) is 0 Å². The molecule has 1 aromatic carbocycles. The fourth-order valence-electron chi connectivity index (χ4n) is 2.83. The van der Waals surface area contributed by atoms with Crippen LogP contribution in [0.1, 0.15) is 33.8 Å². The lowest BCUT2D eigenvalue weighted by atomic mass is 9.90. The predicted octanol–water partition coefficient (Wildman–Crippen LogP) is 3.10. The molecule has 1 atom stereocenters. The van der Waals surface area contributed by atoms with Gasteiger partial charge in [-0.15, -0.1) is 23.5 Å². The quantitative estimate of drug-likeness (QED) is 0.918. The summed E-state index contributed by atoms with van der Waals surface area (Å²) in [6.45, 7) is 2.51. The number of thioether (sulfide) groups is 2. The molecule has 2 saturated heterocycles. The van der Waals surface area contributed by atoms with Crippen LogP contribution in [-0.4, -0.2) is 46.5 Å². The molecule has 2 aliphatic heterocycles. The molecule has 2 aliphatic rings. The van der Waals surface area contributed by atoms with Crippen LogP contribution in [-0.2, 0) is 4.79 Å². The minimum atomic E-state index is -0.826. The SMILES string of the molecule is CC1(C(=O)O)CCN(C(=O)c2ccc(C3SCCS3)cc2)C1. The van der Waals surface area contributed by atoms with Gasteiger partial charge < -0.3 is 10.0 Å². The molecule has 1 amide bonds. The van der Waals surface area contributed by atoms with Crippen molar-refractivity contribution in [1.82, 2.24) is 4.90 Å². The Morgan fingerprint density at radius 2 is 1.86 bits per heavy atom. The average Bonchev–Trinajstić information content (AvgIpc) is 3.17. The first-order chi connectivity index (χ1) is 10.5. The lowest BCUT2D eigenvalue weighted by Gasteiger charge is -2.20. The van der Waals surface area contributed by atoms with Crippen LogP contribution in [0.5, 0.6) is 0 Å². The third kappa shape index (κ3) is 2.99. The topological polar surface area (TPSA) is 57.6 Å². The Kier molecular flexibility index (Phi) is 4.41. The van der Waals surface area contributed by atoms with Crippen LogP contribution in [0.15, 0.2) is 24.3 Å². The number of carbonyl (C=O) groups is 2. The van der Waals surface area contributed by atoms with Gasteiger partial charge in [-0.25, -0.2) is 0 Å². The minimum Gasteiger partial charge on any atom is -0.481 e. The van der Waals surface area contributed by atoms with Gasteiger partial charge in [0.2, 0.25) is 0 Å². The van der Waals surface area contributed by atoms with Crippen molar-refractivity contribution in [1.29, 1.82) is 0 Å². The molecule has 1 N–H and O–H groups in total. The number of benzene rings is 1. The van der Waals surface area contributed by atoms with E-state index in [9.17, 15) is 14.7 Å². The summed E-state index contributed by atoms with van der Waals surface area (Å²) in [6, 6.07) is 7.78. The fourth-order valence-corrected chi connectivity index (χ4v) is 5.68. The molecule has 0 aliphatic carbocycles. The van der Waals surface area contributed by atoms with Crippen LogP contribution < -0.4 is 0 Å². The maximum Gasteiger partial charge on any atom is 0.311 e. The number of rotatable bonds is 3. The third-order valence-electron chi connectivity index (χ3n) is 4.33. The molecule has 0 spiro atoms. The predicted molar refractivity (Wildman–Crippen MR) is 90.4 cm³/mol. The van der Waals surface area contributed by atoms with E-state index in [4.69, 9.17) is 0 Å². The standard InChI is InChI=1S/C16H19NO3S2/c1-16(15(19)20)6-7-17(10-16)13(18)11-2-4-12(5-3-11)14-21-8-9-22-14/h2-5,14H,6-10H2,1H3,(H,19,20). The van der Waals surface area contributed by atoms with Gasteiger partial charge in [-0.05, 0) is 31.0 Å². The fraction of sp³-hybridized carbons (Fsp3) is 0.500. The Morgan fingerprint density at radius 3 is 2.41 bits per heavy atom. The lowest BCUT2D eigenvalue weighted by Crippen LogP contribution is -2.34. The lowest BCUT2D eigenvalue weighted by molar-refractivity contribution is -0.147. The number of nitrogens with zero attached hydrogens (tertiary/aromatic N) is 1. The number of carboxylic acids is 1. The smallest absolute Gasteiger partial charge is 0.311 e. The molecule has 0 radical (unpaired) electrons. The Labute approximate surface area is 138 Å². The second-order valence-corrected chi connectivity index (χ2v) is 8.76. The summed E-state index contributed by atoms with van der Waals surface area (Å²) in [5, 5.41) is 9.26. The summed E-state index contributed by atoms with van der Waals surface area (Å²) < 4.78 is 0.478. The van der Waals surface area contributed by atoms with Gasteiger partial charge in [-0.1, -0.05) is 12.1 Å². The number of aliphatic carboxylic acids is 1. The first kappa shape index (κ1) is 15.7. The van der Waals surface area contributed by atoms with E-state index in [2.05, 4.69) is 0 Å². The molecule has 1 unspecified atom stereocenters. The summed E-state index contributed by atoms with van der Waals surface area (Å²) in [6.07, 6.45) is 0.515. The van der Waals surface area contributed by atoms with E-state index in [1.54, 1.807) is 11.8 Å². The molecule has 1 aromatic rings. The highest BCUT2D eigenvalue weighted by Crippen LogP contribution is 2.45. The number of carbonyl (C=O) groups excluding carboxylic acids is 1. The van der Waals surface area contributed by atoms with Gasteiger partial charge in [-0.3, -0.25) is 9.59 Å². The van der Waals surface area contributed by atoms with E-state index >= 15 is 0 Å². The molecule has 4 nitrogen and oxygen atoms in total. The Hall–Kier alpha value is -1.14. The van der Waals surface area contributed by atoms with Crippen molar-refractivity contribution >= 4 is 35.4 Å². The van der Waals surface area contributed by atoms with Crippen molar-refractivity contribution in [3.63, 3.8) is 0 Å². The number of carboxylic acid groups (broad SMARTS) is 1. The first-order valence-electron chi connectivity index (χ1n) is 7.35.